The molecule has 1 atom stereocenters. The maximum absolute atomic E-state index is 11.6. The summed E-state index contributed by atoms with van der Waals surface area (Å²) < 4.78 is 4.40. The van der Waals surface area contributed by atoms with Crippen LogP contribution in [0.3, 0.4) is 0 Å². The molecule has 1 rings (SSSR count). The van der Waals surface area contributed by atoms with E-state index in [4.69, 9.17) is 0 Å². The van der Waals surface area contributed by atoms with E-state index in [0.717, 1.165) is 5.69 Å². The van der Waals surface area contributed by atoms with Crippen molar-refractivity contribution < 1.29 is 14.3 Å². The molecule has 2 N–H and O–H groups in total. The number of alkyl carbamates (subject to hydrolysis) is 1. The quantitative estimate of drug-likeness (QED) is 0.762. The fourth-order valence-electron chi connectivity index (χ4n) is 1.23. The minimum atomic E-state index is -0.640. The minimum Gasteiger partial charge on any atom is -0.453 e. The van der Waals surface area contributed by atoms with Crippen molar-refractivity contribution in [2.45, 2.75) is 19.4 Å². The van der Waals surface area contributed by atoms with E-state index in [2.05, 4.69) is 25.3 Å². The highest BCUT2D eigenvalue weighted by Gasteiger charge is 2.14. The van der Waals surface area contributed by atoms with Gasteiger partial charge in [0.25, 0.3) is 0 Å². The van der Waals surface area contributed by atoms with Gasteiger partial charge in [-0.05, 0) is 6.92 Å². The second kappa shape index (κ2) is 7.21. The second-order valence-electron chi connectivity index (χ2n) is 3.60. The number of aromatic nitrogens is 2. The average molecular weight is 252 g/mol. The summed E-state index contributed by atoms with van der Waals surface area (Å²) >= 11 is 0. The van der Waals surface area contributed by atoms with Crippen LogP contribution in [0.1, 0.15) is 12.6 Å². The lowest BCUT2D eigenvalue weighted by Crippen LogP contribution is -2.45. The molecule has 0 fully saturated rings. The van der Waals surface area contributed by atoms with Crippen molar-refractivity contribution in [3.63, 3.8) is 0 Å². The summed E-state index contributed by atoms with van der Waals surface area (Å²) in [7, 11) is 1.24. The normalized spacial score (nSPS) is 11.4. The van der Waals surface area contributed by atoms with Crippen molar-refractivity contribution in [2.24, 2.45) is 0 Å². The van der Waals surface area contributed by atoms with Gasteiger partial charge in [0, 0.05) is 31.6 Å². The van der Waals surface area contributed by atoms with Crippen LogP contribution in [-0.2, 0) is 16.0 Å². The van der Waals surface area contributed by atoms with Crippen LogP contribution in [0.15, 0.2) is 18.6 Å². The van der Waals surface area contributed by atoms with Crippen molar-refractivity contribution in [3.8, 4) is 0 Å². The minimum absolute atomic E-state index is 0.274. The van der Waals surface area contributed by atoms with Gasteiger partial charge in [0.1, 0.15) is 6.04 Å². The van der Waals surface area contributed by atoms with Gasteiger partial charge in [-0.3, -0.25) is 14.8 Å². The van der Waals surface area contributed by atoms with Gasteiger partial charge in [-0.1, -0.05) is 0 Å². The maximum atomic E-state index is 11.6. The second-order valence-corrected chi connectivity index (χ2v) is 3.60. The van der Waals surface area contributed by atoms with Crippen molar-refractivity contribution in [1.82, 2.24) is 20.6 Å². The summed E-state index contributed by atoms with van der Waals surface area (Å²) in [6, 6.07) is -0.640. The third kappa shape index (κ3) is 4.77. The third-order valence-corrected chi connectivity index (χ3v) is 2.21. The Kier molecular flexibility index (Phi) is 5.56. The number of carbonyl (C=O) groups excluding carboxylic acids is 2. The fraction of sp³-hybridized carbons (Fsp3) is 0.455. The first kappa shape index (κ1) is 13.9. The highest BCUT2D eigenvalue weighted by Crippen LogP contribution is 1.91. The zero-order valence-corrected chi connectivity index (χ0v) is 10.3. The Morgan fingerprint density at radius 3 is 2.83 bits per heavy atom. The van der Waals surface area contributed by atoms with Crippen LogP contribution in [0.25, 0.3) is 0 Å². The maximum Gasteiger partial charge on any atom is 0.407 e. The van der Waals surface area contributed by atoms with Crippen LogP contribution in [0, 0.1) is 0 Å². The fourth-order valence-corrected chi connectivity index (χ4v) is 1.23. The Morgan fingerprint density at radius 1 is 1.44 bits per heavy atom. The zero-order chi connectivity index (χ0) is 13.4. The van der Waals surface area contributed by atoms with Gasteiger partial charge in [0.2, 0.25) is 5.91 Å². The molecule has 0 aromatic carbocycles. The molecule has 1 aromatic heterocycles. The topological polar surface area (TPSA) is 93.2 Å². The van der Waals surface area contributed by atoms with E-state index in [0.29, 0.717) is 13.0 Å². The van der Waals surface area contributed by atoms with Gasteiger partial charge in [0.05, 0.1) is 12.8 Å². The van der Waals surface area contributed by atoms with E-state index >= 15 is 0 Å². The molecule has 0 bridgehead atoms. The molecule has 1 heterocycles. The number of hydrogen-bond donors (Lipinski definition) is 2. The summed E-state index contributed by atoms with van der Waals surface area (Å²) in [5.74, 6) is -0.274. The Morgan fingerprint density at radius 2 is 2.22 bits per heavy atom. The number of nitrogens with one attached hydrogen (secondary N) is 2. The molecule has 0 spiro atoms. The smallest absolute Gasteiger partial charge is 0.407 e. The molecular formula is C11H16N4O3. The SMILES string of the molecule is COC(=O)NC(C)C(=O)NCCc1cnccn1. The number of nitrogens with zero attached hydrogens (tertiary/aromatic N) is 2. The van der Waals surface area contributed by atoms with Crippen LogP contribution in [0.2, 0.25) is 0 Å². The van der Waals surface area contributed by atoms with Crippen LogP contribution in [0.4, 0.5) is 4.79 Å². The molecule has 0 aliphatic rings. The predicted molar refractivity (Wildman–Crippen MR) is 63.7 cm³/mol. The number of rotatable bonds is 5. The van der Waals surface area contributed by atoms with E-state index in [1.165, 1.54) is 7.11 Å². The summed E-state index contributed by atoms with van der Waals surface area (Å²) in [5, 5.41) is 5.06. The predicted octanol–water partition coefficient (Wildman–Crippen LogP) is -0.120. The molecule has 0 saturated carbocycles. The lowest BCUT2D eigenvalue weighted by atomic mass is 10.3. The molecule has 18 heavy (non-hydrogen) atoms. The summed E-state index contributed by atoms with van der Waals surface area (Å²) in [5.41, 5.74) is 0.798. The standard InChI is InChI=1S/C11H16N4O3/c1-8(15-11(17)18-2)10(16)14-4-3-9-7-12-5-6-13-9/h5-8H,3-4H2,1-2H3,(H,14,16)(H,15,17). The van der Waals surface area contributed by atoms with Gasteiger partial charge < -0.3 is 15.4 Å². The van der Waals surface area contributed by atoms with E-state index in [-0.39, 0.29) is 5.91 Å². The summed E-state index contributed by atoms with van der Waals surface area (Å²) in [6.07, 6.45) is 4.78. The van der Waals surface area contributed by atoms with Crippen LogP contribution in [0.5, 0.6) is 0 Å². The number of hydrogen-bond acceptors (Lipinski definition) is 5. The van der Waals surface area contributed by atoms with Gasteiger partial charge in [-0.2, -0.15) is 0 Å². The monoisotopic (exact) mass is 252 g/mol. The van der Waals surface area contributed by atoms with Gasteiger partial charge in [-0.15, -0.1) is 0 Å². The van der Waals surface area contributed by atoms with E-state index < -0.39 is 12.1 Å². The Balaban J connectivity index is 2.26. The van der Waals surface area contributed by atoms with Gasteiger partial charge >= 0.3 is 6.09 Å². The van der Waals surface area contributed by atoms with E-state index in [1.807, 2.05) is 0 Å². The lowest BCUT2D eigenvalue weighted by molar-refractivity contribution is -0.122. The van der Waals surface area contributed by atoms with Crippen molar-refractivity contribution in [3.05, 3.63) is 24.3 Å². The molecule has 1 aromatic rings. The molecule has 1 unspecified atom stereocenters. The van der Waals surface area contributed by atoms with Crippen molar-refractivity contribution >= 4 is 12.0 Å². The molecule has 0 radical (unpaired) electrons. The van der Waals surface area contributed by atoms with Gasteiger partial charge in [0.15, 0.2) is 0 Å². The zero-order valence-electron chi connectivity index (χ0n) is 10.3. The number of carbonyl (C=O) groups is 2. The number of methoxy groups -OCH3 is 1. The first-order valence-corrected chi connectivity index (χ1v) is 5.50. The summed E-state index contributed by atoms with van der Waals surface area (Å²) in [4.78, 5) is 30.5. The molecule has 0 aliphatic heterocycles. The highest BCUT2D eigenvalue weighted by atomic mass is 16.5. The van der Waals surface area contributed by atoms with Gasteiger partial charge in [-0.25, -0.2) is 4.79 Å². The average Bonchev–Trinajstić information content (AvgIpc) is 2.39. The number of ether oxygens (including phenoxy) is 1. The molecule has 7 nitrogen and oxygen atoms in total. The van der Waals surface area contributed by atoms with E-state index in [9.17, 15) is 9.59 Å². The lowest BCUT2D eigenvalue weighted by Gasteiger charge is -2.12. The Labute approximate surface area is 105 Å². The Hall–Kier alpha value is -2.18. The van der Waals surface area contributed by atoms with E-state index in [1.54, 1.807) is 25.5 Å². The third-order valence-electron chi connectivity index (χ3n) is 2.21. The molecule has 2 amide bonds. The van der Waals surface area contributed by atoms with Crippen LogP contribution < -0.4 is 10.6 Å². The molecule has 98 valence electrons. The molecule has 0 saturated heterocycles. The molecule has 0 aliphatic carbocycles. The van der Waals surface area contributed by atoms with Crippen molar-refractivity contribution in [1.29, 1.82) is 0 Å². The van der Waals surface area contributed by atoms with Crippen molar-refractivity contribution in [2.75, 3.05) is 13.7 Å². The molecular weight excluding hydrogens is 236 g/mol. The number of amides is 2. The first-order valence-electron chi connectivity index (χ1n) is 5.50. The first-order chi connectivity index (χ1) is 8.63. The largest absolute Gasteiger partial charge is 0.453 e. The highest BCUT2D eigenvalue weighted by molar-refractivity contribution is 5.85. The van der Waals surface area contributed by atoms with Crippen LogP contribution >= 0.6 is 0 Å². The Bertz CT molecular complexity index is 397. The van der Waals surface area contributed by atoms with Crippen LogP contribution in [-0.4, -0.2) is 41.7 Å². The summed E-state index contributed by atoms with van der Waals surface area (Å²) in [6.45, 7) is 2.01. The molecule has 7 heteroatoms.